The van der Waals surface area contributed by atoms with Crippen LogP contribution in [0.3, 0.4) is 0 Å². The molecule has 21 heavy (non-hydrogen) atoms. The van der Waals surface area contributed by atoms with Crippen LogP contribution in [0.2, 0.25) is 5.15 Å². The summed E-state index contributed by atoms with van der Waals surface area (Å²) < 4.78 is 27.4. The van der Waals surface area contributed by atoms with Crippen LogP contribution in [0.25, 0.3) is 10.9 Å². The van der Waals surface area contributed by atoms with Crippen molar-refractivity contribution < 1.29 is 8.42 Å². The highest BCUT2D eigenvalue weighted by atomic mass is 127. The van der Waals surface area contributed by atoms with Crippen molar-refractivity contribution in [1.82, 2.24) is 8.96 Å². The lowest BCUT2D eigenvalue weighted by molar-refractivity contribution is 0.554. The number of rotatable bonds is 2. The Labute approximate surface area is 141 Å². The Balaban J connectivity index is 2.23. The van der Waals surface area contributed by atoms with Crippen molar-refractivity contribution in [3.8, 4) is 0 Å². The number of aromatic nitrogens is 2. The summed E-state index contributed by atoms with van der Waals surface area (Å²) >= 11 is 8.26. The molecule has 0 spiro atoms. The molecule has 1 unspecified atom stereocenters. The van der Waals surface area contributed by atoms with Gasteiger partial charge in [0.05, 0.1) is 0 Å². The molecule has 110 valence electrons. The molecule has 1 aliphatic rings. The minimum Gasteiger partial charge on any atom is -0.242 e. The van der Waals surface area contributed by atoms with Gasteiger partial charge in [0.15, 0.2) is 5.15 Å². The second kappa shape index (κ2) is 5.10. The molecule has 2 heterocycles. The van der Waals surface area contributed by atoms with Gasteiger partial charge >= 0.3 is 0 Å². The van der Waals surface area contributed by atoms with Crippen LogP contribution in [0.5, 0.6) is 0 Å². The number of halogens is 2. The molecule has 1 atom stereocenters. The van der Waals surface area contributed by atoms with Gasteiger partial charge in [0.2, 0.25) is 10.0 Å². The Hall–Kier alpha value is -0.860. The minimum absolute atomic E-state index is 0.190. The van der Waals surface area contributed by atoms with Crippen LogP contribution in [0.1, 0.15) is 13.3 Å². The van der Waals surface area contributed by atoms with Crippen molar-refractivity contribution in [2.45, 2.75) is 18.1 Å². The van der Waals surface area contributed by atoms with Gasteiger partial charge in [-0.25, -0.2) is 17.4 Å². The Morgan fingerprint density at radius 1 is 1.43 bits per heavy atom. The molecule has 0 saturated carbocycles. The first kappa shape index (κ1) is 15.1. The van der Waals surface area contributed by atoms with E-state index in [0.29, 0.717) is 11.9 Å². The Morgan fingerprint density at radius 2 is 2.19 bits per heavy atom. The van der Waals surface area contributed by atoms with E-state index in [1.807, 2.05) is 6.08 Å². The molecule has 4 nitrogen and oxygen atoms in total. The standard InChI is InChI=1S/C14H12ClIN2O2S/c1-14(6-2-3-11(16)9-14)21(19,20)18-8-5-10-4-7-17-13(15)12(10)18/h2-8H,9H2,1H3. The lowest BCUT2D eigenvalue weighted by atomic mass is 10.0. The molecule has 0 aromatic carbocycles. The summed E-state index contributed by atoms with van der Waals surface area (Å²) in [6.07, 6.45) is 8.98. The molecule has 0 aliphatic heterocycles. The summed E-state index contributed by atoms with van der Waals surface area (Å²) in [5, 5.41) is 0.946. The zero-order valence-corrected chi connectivity index (χ0v) is 14.9. The normalized spacial score (nSPS) is 22.5. The molecule has 1 aliphatic carbocycles. The quantitative estimate of drug-likeness (QED) is 0.532. The molecule has 0 amide bonds. The predicted octanol–water partition coefficient (Wildman–Crippen LogP) is 3.91. The SMILES string of the molecule is CC1(S(=O)(=O)n2ccc3ccnc(Cl)c32)C=CC=C(I)C1. The van der Waals surface area contributed by atoms with E-state index in [1.165, 1.54) is 10.2 Å². The van der Waals surface area contributed by atoms with Gasteiger partial charge in [-0.15, -0.1) is 0 Å². The molecule has 2 aromatic heterocycles. The highest BCUT2D eigenvalue weighted by molar-refractivity contribution is 14.1. The predicted molar refractivity (Wildman–Crippen MR) is 93.3 cm³/mol. The highest BCUT2D eigenvalue weighted by Crippen LogP contribution is 2.36. The average Bonchev–Trinajstić information content (AvgIpc) is 2.84. The van der Waals surface area contributed by atoms with Crippen LogP contribution in [0.15, 0.2) is 46.3 Å². The highest BCUT2D eigenvalue weighted by Gasteiger charge is 2.40. The summed E-state index contributed by atoms with van der Waals surface area (Å²) in [5.74, 6) is 0. The monoisotopic (exact) mass is 434 g/mol. The zero-order chi connectivity index (χ0) is 15.3. The third kappa shape index (κ3) is 2.33. The largest absolute Gasteiger partial charge is 0.248 e. The van der Waals surface area contributed by atoms with Crippen LogP contribution in [0.4, 0.5) is 0 Å². The van der Waals surface area contributed by atoms with Gasteiger partial charge in [0.25, 0.3) is 0 Å². The van der Waals surface area contributed by atoms with Crippen molar-refractivity contribution >= 4 is 55.1 Å². The van der Waals surface area contributed by atoms with Gasteiger partial charge in [-0.05, 0) is 45.2 Å². The van der Waals surface area contributed by atoms with Crippen molar-refractivity contribution in [3.63, 3.8) is 0 Å². The number of allylic oxidation sites excluding steroid dienone is 3. The van der Waals surface area contributed by atoms with E-state index in [-0.39, 0.29) is 5.15 Å². The second-order valence-electron chi connectivity index (χ2n) is 5.12. The van der Waals surface area contributed by atoms with Gasteiger partial charge in [0, 0.05) is 24.2 Å². The first-order valence-electron chi connectivity index (χ1n) is 6.26. The molecule has 0 radical (unpaired) electrons. The fraction of sp³-hybridized carbons (Fsp3) is 0.214. The number of nitrogens with zero attached hydrogens (tertiary/aromatic N) is 2. The average molecular weight is 435 g/mol. The van der Waals surface area contributed by atoms with Crippen LogP contribution in [0, 0.1) is 0 Å². The molecular formula is C14H12ClIN2O2S. The molecule has 0 N–H and O–H groups in total. The number of hydrogen-bond donors (Lipinski definition) is 0. The summed E-state index contributed by atoms with van der Waals surface area (Å²) in [6, 6.07) is 3.48. The van der Waals surface area contributed by atoms with Gasteiger partial charge in [-0.1, -0.05) is 29.8 Å². The number of fused-ring (bicyclic) bond motifs is 1. The van der Waals surface area contributed by atoms with Gasteiger partial charge in [-0.3, -0.25) is 0 Å². The fourth-order valence-electron chi connectivity index (χ4n) is 2.43. The molecule has 2 aromatic rings. The number of hydrogen-bond acceptors (Lipinski definition) is 3. The Bertz CT molecular complexity index is 886. The zero-order valence-electron chi connectivity index (χ0n) is 11.1. The topological polar surface area (TPSA) is 52.0 Å². The van der Waals surface area contributed by atoms with Crippen LogP contribution in [-0.2, 0) is 10.0 Å². The van der Waals surface area contributed by atoms with E-state index in [0.717, 1.165) is 8.97 Å². The van der Waals surface area contributed by atoms with Gasteiger partial charge in [-0.2, -0.15) is 0 Å². The van der Waals surface area contributed by atoms with Crippen LogP contribution in [-0.4, -0.2) is 22.1 Å². The fourth-order valence-corrected chi connectivity index (χ4v) is 5.69. The van der Waals surface area contributed by atoms with Crippen molar-refractivity contribution in [1.29, 1.82) is 0 Å². The smallest absolute Gasteiger partial charge is 0.242 e. The Morgan fingerprint density at radius 3 is 2.90 bits per heavy atom. The van der Waals surface area contributed by atoms with E-state index < -0.39 is 14.8 Å². The molecule has 0 fully saturated rings. The van der Waals surface area contributed by atoms with E-state index in [2.05, 4.69) is 27.6 Å². The molecule has 3 rings (SSSR count). The lowest BCUT2D eigenvalue weighted by Crippen LogP contribution is -2.38. The van der Waals surface area contributed by atoms with E-state index >= 15 is 0 Å². The summed E-state index contributed by atoms with van der Waals surface area (Å²) in [5.41, 5.74) is 0.429. The summed E-state index contributed by atoms with van der Waals surface area (Å²) in [4.78, 5) is 3.99. The summed E-state index contributed by atoms with van der Waals surface area (Å²) in [7, 11) is -3.64. The van der Waals surface area contributed by atoms with E-state index in [9.17, 15) is 8.42 Å². The molecule has 0 saturated heterocycles. The third-order valence-corrected chi connectivity index (χ3v) is 6.91. The molecular weight excluding hydrogens is 423 g/mol. The van der Waals surface area contributed by atoms with Crippen molar-refractivity contribution in [2.75, 3.05) is 0 Å². The maximum Gasteiger partial charge on any atom is 0.248 e. The van der Waals surface area contributed by atoms with E-state index in [4.69, 9.17) is 11.6 Å². The van der Waals surface area contributed by atoms with Crippen LogP contribution < -0.4 is 0 Å². The maximum atomic E-state index is 13.1. The maximum absolute atomic E-state index is 13.1. The third-order valence-electron chi connectivity index (χ3n) is 3.61. The van der Waals surface area contributed by atoms with Crippen LogP contribution >= 0.6 is 34.2 Å². The van der Waals surface area contributed by atoms with Gasteiger partial charge < -0.3 is 0 Å². The first-order valence-corrected chi connectivity index (χ1v) is 9.15. The summed E-state index contributed by atoms with van der Waals surface area (Å²) in [6.45, 7) is 1.72. The van der Waals surface area contributed by atoms with Gasteiger partial charge in [0.1, 0.15) is 10.3 Å². The molecule has 7 heteroatoms. The first-order chi connectivity index (χ1) is 9.85. The minimum atomic E-state index is -3.64. The van der Waals surface area contributed by atoms with E-state index in [1.54, 1.807) is 37.4 Å². The number of pyridine rings is 1. The molecule has 0 bridgehead atoms. The second-order valence-corrected chi connectivity index (χ2v) is 9.14. The Kier molecular flexibility index (Phi) is 3.66. The van der Waals surface area contributed by atoms with Crippen molar-refractivity contribution in [2.24, 2.45) is 0 Å². The van der Waals surface area contributed by atoms with Crippen molar-refractivity contribution in [3.05, 3.63) is 51.5 Å². The lowest BCUT2D eigenvalue weighted by Gasteiger charge is -2.28.